The minimum Gasteiger partial charge on any atom is -0.280 e. The first-order valence-corrected chi connectivity index (χ1v) is 7.18. The molecule has 0 spiro atoms. The fourth-order valence-electron chi connectivity index (χ4n) is 2.53. The number of hydrogen-bond donors (Lipinski definition) is 0. The van der Waals surface area contributed by atoms with E-state index in [1.165, 1.54) is 19.2 Å². The first-order valence-electron chi connectivity index (χ1n) is 6.39. The second kappa shape index (κ2) is 4.92. The Bertz CT molecular complexity index is 1080. The Morgan fingerprint density at radius 1 is 1.13 bits per heavy atom. The maximum Gasteiger partial charge on any atom is 0.417 e. The van der Waals surface area contributed by atoms with Crippen molar-refractivity contribution in [1.82, 2.24) is 14.1 Å². The Labute approximate surface area is 135 Å². The summed E-state index contributed by atoms with van der Waals surface area (Å²) in [6.07, 6.45) is -4.77. The average Bonchev–Trinajstić information content (AvgIpc) is 2.47. The maximum absolute atomic E-state index is 13.6. The van der Waals surface area contributed by atoms with Crippen molar-refractivity contribution >= 4 is 37.9 Å². The van der Waals surface area contributed by atoms with Gasteiger partial charge in [-0.05, 0) is 18.2 Å². The highest BCUT2D eigenvalue weighted by Gasteiger charge is 2.37. The highest BCUT2D eigenvalue weighted by Crippen LogP contribution is 2.38. The molecular formula is C14H9BrF3N3O2. The molecule has 0 N–H and O–H groups in total. The van der Waals surface area contributed by atoms with Gasteiger partial charge in [-0.1, -0.05) is 15.9 Å². The van der Waals surface area contributed by atoms with Crippen molar-refractivity contribution in [2.45, 2.75) is 6.18 Å². The summed E-state index contributed by atoms with van der Waals surface area (Å²) in [6, 6.07) is 4.20. The molecule has 2 aromatic heterocycles. The van der Waals surface area contributed by atoms with Crippen molar-refractivity contribution in [3.63, 3.8) is 0 Å². The summed E-state index contributed by atoms with van der Waals surface area (Å²) in [4.78, 5) is 28.3. The van der Waals surface area contributed by atoms with Crippen molar-refractivity contribution in [2.24, 2.45) is 14.1 Å². The standard InChI is InChI=1S/C14H9BrF3N3O2/c1-20-11-9(12(22)21(2)13(20)23)10(14(16,17)18)7-5-6(15)3-4-8(7)19-11/h3-5H,1-2H3. The van der Waals surface area contributed by atoms with Gasteiger partial charge in [0.05, 0.1) is 16.5 Å². The van der Waals surface area contributed by atoms with Crippen molar-refractivity contribution in [3.05, 3.63) is 49.1 Å². The van der Waals surface area contributed by atoms with Crippen LogP contribution < -0.4 is 11.2 Å². The maximum atomic E-state index is 13.6. The lowest BCUT2D eigenvalue weighted by atomic mass is 10.0. The Balaban J connectivity index is 2.77. The Kier molecular flexibility index (Phi) is 3.36. The molecule has 0 aliphatic heterocycles. The fraction of sp³-hybridized carbons (Fsp3) is 0.214. The fourth-order valence-corrected chi connectivity index (χ4v) is 2.89. The van der Waals surface area contributed by atoms with E-state index in [1.54, 1.807) is 6.07 Å². The van der Waals surface area contributed by atoms with Gasteiger partial charge < -0.3 is 0 Å². The Hall–Kier alpha value is -2.16. The molecule has 0 saturated heterocycles. The van der Waals surface area contributed by atoms with E-state index in [1.807, 2.05) is 0 Å². The van der Waals surface area contributed by atoms with Gasteiger partial charge in [-0.25, -0.2) is 9.78 Å². The minimum absolute atomic E-state index is 0.0521. The van der Waals surface area contributed by atoms with Crippen molar-refractivity contribution < 1.29 is 13.2 Å². The van der Waals surface area contributed by atoms with Crippen molar-refractivity contribution in [2.75, 3.05) is 0 Å². The van der Waals surface area contributed by atoms with E-state index >= 15 is 0 Å². The highest BCUT2D eigenvalue weighted by atomic mass is 79.9. The van der Waals surface area contributed by atoms with Crippen LogP contribution in [0.5, 0.6) is 0 Å². The van der Waals surface area contributed by atoms with Gasteiger partial charge in [-0.2, -0.15) is 13.2 Å². The zero-order chi connectivity index (χ0) is 17.1. The molecule has 0 aliphatic rings. The SMILES string of the molecule is Cn1c(=O)c2c(C(F)(F)F)c3cc(Br)ccc3nc2n(C)c1=O. The summed E-state index contributed by atoms with van der Waals surface area (Å²) in [6.45, 7) is 0. The molecule has 23 heavy (non-hydrogen) atoms. The number of hydrogen-bond acceptors (Lipinski definition) is 3. The van der Waals surface area contributed by atoms with E-state index in [4.69, 9.17) is 0 Å². The van der Waals surface area contributed by atoms with Crippen LogP contribution in [0.4, 0.5) is 13.2 Å². The van der Waals surface area contributed by atoms with E-state index in [-0.39, 0.29) is 16.6 Å². The largest absolute Gasteiger partial charge is 0.417 e. The van der Waals surface area contributed by atoms with Gasteiger partial charge in [0.25, 0.3) is 5.56 Å². The van der Waals surface area contributed by atoms with Crippen LogP contribution >= 0.6 is 15.9 Å². The second-order valence-electron chi connectivity index (χ2n) is 5.05. The molecule has 0 unspecified atom stereocenters. The number of aromatic nitrogens is 3. The first-order chi connectivity index (χ1) is 10.6. The molecule has 0 saturated carbocycles. The topological polar surface area (TPSA) is 56.9 Å². The minimum atomic E-state index is -4.77. The molecule has 0 aliphatic carbocycles. The molecule has 0 fully saturated rings. The smallest absolute Gasteiger partial charge is 0.280 e. The van der Waals surface area contributed by atoms with Crippen LogP contribution in [0.2, 0.25) is 0 Å². The Morgan fingerprint density at radius 2 is 1.78 bits per heavy atom. The summed E-state index contributed by atoms with van der Waals surface area (Å²) in [5.41, 5.74) is -3.09. The van der Waals surface area contributed by atoms with Crippen LogP contribution in [0.25, 0.3) is 21.9 Å². The summed E-state index contributed by atoms with van der Waals surface area (Å²) in [5.74, 6) is 0. The molecule has 3 rings (SSSR count). The van der Waals surface area contributed by atoms with Crippen LogP contribution in [0.15, 0.2) is 32.3 Å². The molecule has 0 bridgehead atoms. The molecule has 5 nitrogen and oxygen atoms in total. The summed E-state index contributed by atoms with van der Waals surface area (Å²) < 4.78 is 42.9. The summed E-state index contributed by atoms with van der Waals surface area (Å²) in [5, 5.41) is -0.817. The number of rotatable bonds is 0. The van der Waals surface area contributed by atoms with Crippen LogP contribution in [-0.2, 0) is 20.3 Å². The van der Waals surface area contributed by atoms with Gasteiger partial charge >= 0.3 is 11.9 Å². The van der Waals surface area contributed by atoms with Gasteiger partial charge in [0.15, 0.2) is 5.65 Å². The molecule has 0 radical (unpaired) electrons. The lowest BCUT2D eigenvalue weighted by Crippen LogP contribution is -2.38. The van der Waals surface area contributed by atoms with Crippen LogP contribution in [0, 0.1) is 0 Å². The Morgan fingerprint density at radius 3 is 2.39 bits per heavy atom. The van der Waals surface area contributed by atoms with E-state index in [2.05, 4.69) is 20.9 Å². The molecule has 1 aromatic carbocycles. The van der Waals surface area contributed by atoms with Crippen LogP contribution in [0.1, 0.15) is 5.56 Å². The van der Waals surface area contributed by atoms with Gasteiger partial charge in [0.2, 0.25) is 0 Å². The van der Waals surface area contributed by atoms with Gasteiger partial charge in [0.1, 0.15) is 0 Å². The lowest BCUT2D eigenvalue weighted by Gasteiger charge is -2.15. The number of nitrogens with zero attached hydrogens (tertiary/aromatic N) is 3. The predicted octanol–water partition coefficient (Wildman–Crippen LogP) is 2.57. The molecule has 120 valence electrons. The molecule has 3 aromatic rings. The van der Waals surface area contributed by atoms with Crippen molar-refractivity contribution in [1.29, 1.82) is 0 Å². The van der Waals surface area contributed by atoms with Crippen LogP contribution in [0.3, 0.4) is 0 Å². The zero-order valence-corrected chi connectivity index (χ0v) is 13.5. The third kappa shape index (κ3) is 2.26. The van der Waals surface area contributed by atoms with Crippen molar-refractivity contribution in [3.8, 4) is 0 Å². The zero-order valence-electron chi connectivity index (χ0n) is 11.9. The van der Waals surface area contributed by atoms with Gasteiger partial charge in [-0.3, -0.25) is 13.9 Å². The summed E-state index contributed by atoms with van der Waals surface area (Å²) >= 11 is 3.12. The molecule has 0 amide bonds. The normalized spacial score (nSPS) is 12.3. The number of aryl methyl sites for hydroxylation is 1. The van der Waals surface area contributed by atoms with E-state index in [0.29, 0.717) is 9.04 Å². The number of fused-ring (bicyclic) bond motifs is 2. The third-order valence-electron chi connectivity index (χ3n) is 3.62. The second-order valence-corrected chi connectivity index (χ2v) is 5.97. The molecule has 2 heterocycles. The van der Waals surface area contributed by atoms with E-state index in [0.717, 1.165) is 11.6 Å². The van der Waals surface area contributed by atoms with E-state index in [9.17, 15) is 22.8 Å². The molecule has 9 heteroatoms. The lowest BCUT2D eigenvalue weighted by molar-refractivity contribution is -0.135. The monoisotopic (exact) mass is 387 g/mol. The van der Waals surface area contributed by atoms with Gasteiger partial charge in [-0.15, -0.1) is 0 Å². The number of alkyl halides is 3. The summed E-state index contributed by atoms with van der Waals surface area (Å²) in [7, 11) is 2.41. The molecule has 0 atom stereocenters. The third-order valence-corrected chi connectivity index (χ3v) is 4.11. The number of benzene rings is 1. The van der Waals surface area contributed by atoms with Gasteiger partial charge in [0, 0.05) is 24.0 Å². The van der Waals surface area contributed by atoms with Crippen LogP contribution in [-0.4, -0.2) is 14.1 Å². The highest BCUT2D eigenvalue weighted by molar-refractivity contribution is 9.10. The average molecular weight is 388 g/mol. The first kappa shape index (κ1) is 15.7. The van der Waals surface area contributed by atoms with E-state index < -0.39 is 28.4 Å². The quantitative estimate of drug-likeness (QED) is 0.557. The number of pyridine rings is 1. The predicted molar refractivity (Wildman–Crippen MR) is 82.4 cm³/mol. The molecular weight excluding hydrogens is 379 g/mol. The number of halogens is 4.